The van der Waals surface area contributed by atoms with E-state index in [0.717, 1.165) is 18.9 Å². The molecule has 0 fully saturated rings. The van der Waals surface area contributed by atoms with E-state index >= 15 is 0 Å². The molecule has 0 atom stereocenters. The van der Waals surface area contributed by atoms with Crippen LogP contribution in [-0.4, -0.2) is 32.4 Å². The topological polar surface area (TPSA) is 61.8 Å². The van der Waals surface area contributed by atoms with E-state index in [2.05, 4.69) is 10.4 Å². The molecule has 0 spiro atoms. The van der Waals surface area contributed by atoms with Crippen LogP contribution in [0.25, 0.3) is 0 Å². The molecule has 0 amide bonds. The third-order valence-corrected chi connectivity index (χ3v) is 3.79. The fraction of sp³-hybridized carbons (Fsp3) is 0.300. The van der Waals surface area contributed by atoms with Crippen molar-refractivity contribution in [1.29, 1.82) is 0 Å². The standard InChI is InChI=1S/C10H12ClN3O2S/c1-8-12-5-6-14(8)13-9-3-2-4-10(7-9)17(11,15)16/h2-4,7,13H,5-6H2,1H3. The second kappa shape index (κ2) is 4.54. The fourth-order valence-electron chi connectivity index (χ4n) is 1.57. The number of rotatable bonds is 3. The summed E-state index contributed by atoms with van der Waals surface area (Å²) in [6.07, 6.45) is 0. The summed E-state index contributed by atoms with van der Waals surface area (Å²) in [5.41, 5.74) is 3.75. The first-order chi connectivity index (χ1) is 7.97. The zero-order valence-electron chi connectivity index (χ0n) is 9.22. The van der Waals surface area contributed by atoms with Gasteiger partial charge in [-0.15, -0.1) is 0 Å². The van der Waals surface area contributed by atoms with Crippen LogP contribution in [0.5, 0.6) is 0 Å². The van der Waals surface area contributed by atoms with Crippen LogP contribution in [0.2, 0.25) is 0 Å². The van der Waals surface area contributed by atoms with E-state index in [1.807, 2.05) is 11.9 Å². The number of halogens is 1. The first-order valence-electron chi connectivity index (χ1n) is 5.07. The summed E-state index contributed by atoms with van der Waals surface area (Å²) in [5.74, 6) is 0.879. The molecule has 0 unspecified atom stereocenters. The van der Waals surface area contributed by atoms with Crippen LogP contribution in [-0.2, 0) is 9.05 Å². The molecule has 17 heavy (non-hydrogen) atoms. The largest absolute Gasteiger partial charge is 0.297 e. The van der Waals surface area contributed by atoms with Crippen molar-refractivity contribution in [1.82, 2.24) is 5.01 Å². The second-order valence-electron chi connectivity index (χ2n) is 3.66. The first-order valence-corrected chi connectivity index (χ1v) is 7.38. The Hall–Kier alpha value is -1.27. The van der Waals surface area contributed by atoms with Crippen molar-refractivity contribution in [2.24, 2.45) is 4.99 Å². The maximum absolute atomic E-state index is 11.2. The molecule has 0 radical (unpaired) electrons. The van der Waals surface area contributed by atoms with Crippen LogP contribution in [0.1, 0.15) is 6.92 Å². The number of anilines is 1. The molecule has 0 aliphatic carbocycles. The van der Waals surface area contributed by atoms with Gasteiger partial charge in [0.15, 0.2) is 0 Å². The summed E-state index contributed by atoms with van der Waals surface area (Å²) in [6.45, 7) is 3.40. The molecule has 0 aromatic heterocycles. The third kappa shape index (κ3) is 2.89. The highest BCUT2D eigenvalue weighted by Gasteiger charge is 2.14. The van der Waals surface area contributed by atoms with Gasteiger partial charge in [-0.2, -0.15) is 0 Å². The van der Waals surface area contributed by atoms with Gasteiger partial charge in [0, 0.05) is 10.7 Å². The van der Waals surface area contributed by atoms with Gasteiger partial charge in [0.05, 0.1) is 23.7 Å². The highest BCUT2D eigenvalue weighted by molar-refractivity contribution is 8.13. The van der Waals surface area contributed by atoms with Gasteiger partial charge in [-0.1, -0.05) is 6.07 Å². The Kier molecular flexibility index (Phi) is 3.26. The lowest BCUT2D eigenvalue weighted by Gasteiger charge is -2.20. The number of hydrogen-bond acceptors (Lipinski definition) is 5. The Balaban J connectivity index is 2.20. The van der Waals surface area contributed by atoms with Crippen molar-refractivity contribution >= 4 is 31.3 Å². The molecule has 1 aromatic carbocycles. The molecule has 0 saturated heterocycles. The number of hydrogen-bond donors (Lipinski definition) is 1. The van der Waals surface area contributed by atoms with E-state index in [0.29, 0.717) is 5.69 Å². The Morgan fingerprint density at radius 1 is 1.47 bits per heavy atom. The summed E-state index contributed by atoms with van der Waals surface area (Å²) in [7, 11) is 1.59. The number of nitrogens with zero attached hydrogens (tertiary/aromatic N) is 2. The molecule has 2 rings (SSSR count). The van der Waals surface area contributed by atoms with Crippen molar-refractivity contribution < 1.29 is 8.42 Å². The monoisotopic (exact) mass is 273 g/mol. The average molecular weight is 274 g/mol. The minimum Gasteiger partial charge on any atom is -0.297 e. The lowest BCUT2D eigenvalue weighted by Crippen LogP contribution is -2.31. The number of benzene rings is 1. The summed E-state index contributed by atoms with van der Waals surface area (Å²) in [5, 5.41) is 1.86. The lowest BCUT2D eigenvalue weighted by molar-refractivity contribution is 0.542. The number of hydrazine groups is 1. The van der Waals surface area contributed by atoms with Gasteiger partial charge >= 0.3 is 0 Å². The van der Waals surface area contributed by atoms with E-state index in [1.165, 1.54) is 12.1 Å². The Morgan fingerprint density at radius 3 is 2.82 bits per heavy atom. The van der Waals surface area contributed by atoms with Gasteiger partial charge in [-0.25, -0.2) is 8.42 Å². The maximum Gasteiger partial charge on any atom is 0.261 e. The predicted octanol–water partition coefficient (Wildman–Crippen LogP) is 1.68. The Morgan fingerprint density at radius 2 is 2.24 bits per heavy atom. The van der Waals surface area contributed by atoms with E-state index in [-0.39, 0.29) is 4.90 Å². The third-order valence-electron chi connectivity index (χ3n) is 2.43. The SMILES string of the molecule is CC1=NCCN1Nc1cccc(S(=O)(=O)Cl)c1. The molecule has 1 heterocycles. The van der Waals surface area contributed by atoms with Crippen molar-refractivity contribution in [3.63, 3.8) is 0 Å². The molecule has 0 saturated carbocycles. The van der Waals surface area contributed by atoms with Gasteiger partial charge < -0.3 is 0 Å². The zero-order valence-corrected chi connectivity index (χ0v) is 10.8. The summed E-state index contributed by atoms with van der Waals surface area (Å²) in [6, 6.07) is 6.36. The van der Waals surface area contributed by atoms with Gasteiger partial charge in [-0.05, 0) is 25.1 Å². The highest BCUT2D eigenvalue weighted by atomic mass is 35.7. The fourth-order valence-corrected chi connectivity index (χ4v) is 2.37. The summed E-state index contributed by atoms with van der Waals surface area (Å²) in [4.78, 5) is 4.30. The smallest absolute Gasteiger partial charge is 0.261 e. The van der Waals surface area contributed by atoms with E-state index in [9.17, 15) is 8.42 Å². The second-order valence-corrected chi connectivity index (χ2v) is 6.22. The molecule has 1 N–H and O–H groups in total. The molecule has 0 bridgehead atoms. The van der Waals surface area contributed by atoms with Gasteiger partial charge in [0.1, 0.15) is 5.84 Å². The van der Waals surface area contributed by atoms with Crippen LogP contribution in [0, 0.1) is 0 Å². The van der Waals surface area contributed by atoms with Gasteiger partial charge in [0.2, 0.25) is 0 Å². The van der Waals surface area contributed by atoms with E-state index < -0.39 is 9.05 Å². The van der Waals surface area contributed by atoms with Crippen molar-refractivity contribution in [3.05, 3.63) is 24.3 Å². The van der Waals surface area contributed by atoms with Crippen molar-refractivity contribution in [2.75, 3.05) is 18.5 Å². The zero-order chi connectivity index (χ0) is 12.5. The van der Waals surface area contributed by atoms with Crippen LogP contribution < -0.4 is 5.43 Å². The average Bonchev–Trinajstić information content (AvgIpc) is 2.64. The van der Waals surface area contributed by atoms with Crippen LogP contribution in [0.3, 0.4) is 0 Å². The molecule has 1 aromatic rings. The van der Waals surface area contributed by atoms with Crippen LogP contribution in [0.15, 0.2) is 34.2 Å². The maximum atomic E-state index is 11.2. The van der Waals surface area contributed by atoms with E-state index in [1.54, 1.807) is 12.1 Å². The minimum atomic E-state index is -3.69. The first kappa shape index (κ1) is 12.2. The Bertz CT molecular complexity index is 556. The molecule has 5 nitrogen and oxygen atoms in total. The van der Waals surface area contributed by atoms with Crippen LogP contribution >= 0.6 is 10.7 Å². The normalized spacial score (nSPS) is 15.9. The number of nitrogens with one attached hydrogen (secondary N) is 1. The Labute approximate surface area is 104 Å². The molecule has 1 aliphatic rings. The molecule has 7 heteroatoms. The van der Waals surface area contributed by atoms with Gasteiger partial charge in [0.25, 0.3) is 9.05 Å². The van der Waals surface area contributed by atoms with Gasteiger partial charge in [-0.3, -0.25) is 15.4 Å². The summed E-state index contributed by atoms with van der Waals surface area (Å²) < 4.78 is 22.4. The lowest BCUT2D eigenvalue weighted by atomic mass is 10.3. The van der Waals surface area contributed by atoms with Crippen molar-refractivity contribution in [3.8, 4) is 0 Å². The number of amidine groups is 1. The molecular formula is C10H12ClN3O2S. The molecule has 92 valence electrons. The van der Waals surface area contributed by atoms with Crippen molar-refractivity contribution in [2.45, 2.75) is 11.8 Å². The highest BCUT2D eigenvalue weighted by Crippen LogP contribution is 2.19. The summed E-state index contributed by atoms with van der Waals surface area (Å²) >= 11 is 0. The quantitative estimate of drug-likeness (QED) is 0.851. The molecule has 1 aliphatic heterocycles. The van der Waals surface area contributed by atoms with Crippen LogP contribution in [0.4, 0.5) is 5.69 Å². The van der Waals surface area contributed by atoms with E-state index in [4.69, 9.17) is 10.7 Å². The molecular weight excluding hydrogens is 262 g/mol. The minimum absolute atomic E-state index is 0.0814. The number of aliphatic imine (C=N–C) groups is 1. The predicted molar refractivity (Wildman–Crippen MR) is 67.8 cm³/mol.